The van der Waals surface area contributed by atoms with Crippen molar-refractivity contribution >= 4 is 23.2 Å². The molecule has 1 aromatic heterocycles. The Labute approximate surface area is 129 Å². The highest BCUT2D eigenvalue weighted by Crippen LogP contribution is 2.29. The molecule has 1 aliphatic carbocycles. The number of hydrogen-bond acceptors (Lipinski definition) is 4. The van der Waals surface area contributed by atoms with Crippen LogP contribution in [0, 0.1) is 11.8 Å². The molecule has 21 heavy (non-hydrogen) atoms. The van der Waals surface area contributed by atoms with Gasteiger partial charge in [-0.25, -0.2) is 0 Å². The van der Waals surface area contributed by atoms with Crippen LogP contribution < -0.4 is 5.32 Å². The van der Waals surface area contributed by atoms with E-state index >= 15 is 0 Å². The molecule has 1 aromatic rings. The molecule has 4 nitrogen and oxygen atoms in total. The predicted molar refractivity (Wildman–Crippen MR) is 83.1 cm³/mol. The van der Waals surface area contributed by atoms with Crippen molar-refractivity contribution in [3.63, 3.8) is 0 Å². The lowest BCUT2D eigenvalue weighted by Crippen LogP contribution is -2.45. The number of thiophene rings is 1. The molecule has 1 aliphatic rings. The Balaban J connectivity index is 1.70. The molecule has 1 heterocycles. The van der Waals surface area contributed by atoms with Gasteiger partial charge in [0.2, 0.25) is 0 Å². The van der Waals surface area contributed by atoms with Crippen LogP contribution in [0.25, 0.3) is 0 Å². The maximum absolute atomic E-state index is 11.9. The lowest BCUT2D eigenvalue weighted by atomic mass is 9.78. The lowest BCUT2D eigenvalue weighted by Gasteiger charge is -2.34. The standard InChI is InChI=1S/C16H23NO3S/c1-11-5-3-7-14(12(11)2)17-15(18)10-20-16(19)9-13-6-4-8-21-13/h4,6,8,11-12,14H,3,5,7,9-10H2,1-2H3,(H,17,18)/t11-,12-,14-/m1/s1. The molecule has 0 spiro atoms. The zero-order chi connectivity index (χ0) is 15.2. The monoisotopic (exact) mass is 309 g/mol. The second-order valence-electron chi connectivity index (χ2n) is 5.86. The fourth-order valence-corrected chi connectivity index (χ4v) is 3.48. The van der Waals surface area contributed by atoms with Crippen LogP contribution in [0.15, 0.2) is 17.5 Å². The van der Waals surface area contributed by atoms with E-state index in [1.54, 1.807) is 0 Å². The Morgan fingerprint density at radius 2 is 2.19 bits per heavy atom. The van der Waals surface area contributed by atoms with Gasteiger partial charge in [-0.1, -0.05) is 32.8 Å². The van der Waals surface area contributed by atoms with E-state index in [0.717, 1.165) is 17.7 Å². The second kappa shape index (κ2) is 7.59. The Morgan fingerprint density at radius 1 is 1.38 bits per heavy atom. The highest BCUT2D eigenvalue weighted by atomic mass is 32.1. The number of esters is 1. The van der Waals surface area contributed by atoms with Crippen LogP contribution in [-0.2, 0) is 20.7 Å². The van der Waals surface area contributed by atoms with E-state index < -0.39 is 0 Å². The maximum Gasteiger partial charge on any atom is 0.311 e. The predicted octanol–water partition coefficient (Wildman–Crippen LogP) is 2.77. The summed E-state index contributed by atoms with van der Waals surface area (Å²) in [6.07, 6.45) is 3.63. The fraction of sp³-hybridized carbons (Fsp3) is 0.625. The largest absolute Gasteiger partial charge is 0.455 e. The van der Waals surface area contributed by atoms with E-state index in [-0.39, 0.29) is 30.9 Å². The van der Waals surface area contributed by atoms with Gasteiger partial charge in [-0.15, -0.1) is 11.3 Å². The van der Waals surface area contributed by atoms with Crippen LogP contribution in [0.3, 0.4) is 0 Å². The number of ether oxygens (including phenoxy) is 1. The molecule has 0 radical (unpaired) electrons. The van der Waals surface area contributed by atoms with Gasteiger partial charge in [0.05, 0.1) is 6.42 Å². The molecule has 0 aliphatic heterocycles. The molecule has 0 aromatic carbocycles. The Kier molecular flexibility index (Phi) is 5.79. The lowest BCUT2D eigenvalue weighted by molar-refractivity contribution is -0.148. The van der Waals surface area contributed by atoms with Crippen LogP contribution in [0.2, 0.25) is 0 Å². The van der Waals surface area contributed by atoms with Crippen molar-refractivity contribution in [2.75, 3.05) is 6.61 Å². The van der Waals surface area contributed by atoms with Gasteiger partial charge in [0, 0.05) is 10.9 Å². The molecule has 0 unspecified atom stereocenters. The molecule has 0 saturated heterocycles. The Hall–Kier alpha value is -1.36. The first-order chi connectivity index (χ1) is 10.1. The number of hydrogen-bond donors (Lipinski definition) is 1. The van der Waals surface area contributed by atoms with Gasteiger partial charge in [0.25, 0.3) is 5.91 Å². The van der Waals surface area contributed by atoms with Crippen LogP contribution in [0.5, 0.6) is 0 Å². The van der Waals surface area contributed by atoms with Gasteiger partial charge >= 0.3 is 5.97 Å². The summed E-state index contributed by atoms with van der Waals surface area (Å²) in [5.41, 5.74) is 0. The van der Waals surface area contributed by atoms with Crippen molar-refractivity contribution in [1.29, 1.82) is 0 Å². The molecular weight excluding hydrogens is 286 g/mol. The van der Waals surface area contributed by atoms with Crippen molar-refractivity contribution in [2.24, 2.45) is 11.8 Å². The first kappa shape index (κ1) is 16.0. The highest BCUT2D eigenvalue weighted by molar-refractivity contribution is 7.10. The summed E-state index contributed by atoms with van der Waals surface area (Å²) < 4.78 is 5.04. The van der Waals surface area contributed by atoms with E-state index in [1.165, 1.54) is 17.8 Å². The molecule has 2 rings (SSSR count). The number of amides is 1. The molecule has 0 bridgehead atoms. The van der Waals surface area contributed by atoms with Crippen molar-refractivity contribution in [2.45, 2.75) is 45.6 Å². The average Bonchev–Trinajstić information content (AvgIpc) is 2.94. The minimum absolute atomic E-state index is 0.179. The van der Waals surface area contributed by atoms with Crippen molar-refractivity contribution in [3.05, 3.63) is 22.4 Å². The Bertz CT molecular complexity index is 472. The highest BCUT2D eigenvalue weighted by Gasteiger charge is 2.28. The molecule has 116 valence electrons. The van der Waals surface area contributed by atoms with E-state index in [4.69, 9.17) is 4.74 Å². The normalized spacial score (nSPS) is 25.3. The van der Waals surface area contributed by atoms with E-state index in [9.17, 15) is 9.59 Å². The van der Waals surface area contributed by atoms with E-state index in [0.29, 0.717) is 11.8 Å². The van der Waals surface area contributed by atoms with Gasteiger partial charge in [0.1, 0.15) is 0 Å². The van der Waals surface area contributed by atoms with Crippen LogP contribution in [0.4, 0.5) is 0 Å². The summed E-state index contributed by atoms with van der Waals surface area (Å²) in [7, 11) is 0. The summed E-state index contributed by atoms with van der Waals surface area (Å²) in [4.78, 5) is 24.5. The van der Waals surface area contributed by atoms with Crippen molar-refractivity contribution in [3.8, 4) is 0 Å². The summed E-state index contributed by atoms with van der Waals surface area (Å²) in [6, 6.07) is 3.99. The zero-order valence-corrected chi connectivity index (χ0v) is 13.4. The SMILES string of the molecule is C[C@@H]1[C@H](C)CCC[C@H]1NC(=O)COC(=O)Cc1cccs1. The van der Waals surface area contributed by atoms with Gasteiger partial charge in [-0.05, 0) is 29.7 Å². The maximum atomic E-state index is 11.9. The first-order valence-corrected chi connectivity index (χ1v) is 8.41. The summed E-state index contributed by atoms with van der Waals surface area (Å²) in [6.45, 7) is 4.23. The van der Waals surface area contributed by atoms with Crippen LogP contribution >= 0.6 is 11.3 Å². The Morgan fingerprint density at radius 3 is 2.90 bits per heavy atom. The smallest absolute Gasteiger partial charge is 0.311 e. The number of carbonyl (C=O) groups is 2. The third-order valence-corrected chi connectivity index (χ3v) is 5.19. The minimum atomic E-state index is -0.349. The molecule has 1 fully saturated rings. The third kappa shape index (κ3) is 4.84. The average molecular weight is 309 g/mol. The number of rotatable bonds is 5. The summed E-state index contributed by atoms with van der Waals surface area (Å²) in [5.74, 6) is 0.563. The summed E-state index contributed by atoms with van der Waals surface area (Å²) in [5, 5.41) is 4.92. The van der Waals surface area contributed by atoms with E-state index in [2.05, 4.69) is 19.2 Å². The quantitative estimate of drug-likeness (QED) is 0.851. The minimum Gasteiger partial charge on any atom is -0.455 e. The molecule has 3 atom stereocenters. The molecule has 1 N–H and O–H groups in total. The molecule has 1 saturated carbocycles. The summed E-state index contributed by atoms with van der Waals surface area (Å²) >= 11 is 1.51. The van der Waals surface area contributed by atoms with Gasteiger partial charge in [-0.3, -0.25) is 9.59 Å². The number of nitrogens with one attached hydrogen (secondary N) is 1. The van der Waals surface area contributed by atoms with Gasteiger partial charge in [-0.2, -0.15) is 0 Å². The second-order valence-corrected chi connectivity index (χ2v) is 6.89. The van der Waals surface area contributed by atoms with Crippen molar-refractivity contribution < 1.29 is 14.3 Å². The zero-order valence-electron chi connectivity index (χ0n) is 12.6. The first-order valence-electron chi connectivity index (χ1n) is 7.53. The van der Waals surface area contributed by atoms with E-state index in [1.807, 2.05) is 17.5 Å². The number of carbonyl (C=O) groups excluding carboxylic acids is 2. The van der Waals surface area contributed by atoms with Crippen molar-refractivity contribution in [1.82, 2.24) is 5.32 Å². The molecule has 1 amide bonds. The van der Waals surface area contributed by atoms with Gasteiger partial charge in [0.15, 0.2) is 6.61 Å². The molecule has 5 heteroatoms. The van der Waals surface area contributed by atoms with Crippen LogP contribution in [0.1, 0.15) is 38.0 Å². The van der Waals surface area contributed by atoms with Gasteiger partial charge < -0.3 is 10.1 Å². The third-order valence-electron chi connectivity index (χ3n) is 4.32. The topological polar surface area (TPSA) is 55.4 Å². The molecular formula is C16H23NO3S. The van der Waals surface area contributed by atoms with Crippen LogP contribution in [-0.4, -0.2) is 24.5 Å². The fourth-order valence-electron chi connectivity index (χ4n) is 2.79.